The molecule has 1 atom stereocenters. The van der Waals surface area contributed by atoms with E-state index in [1.165, 1.54) is 0 Å². The molecule has 1 amide bonds. The van der Waals surface area contributed by atoms with Crippen molar-refractivity contribution in [2.45, 2.75) is 13.0 Å². The number of nitrogens with zero attached hydrogens (tertiary/aromatic N) is 3. The van der Waals surface area contributed by atoms with Crippen molar-refractivity contribution in [3.8, 4) is 22.9 Å². The van der Waals surface area contributed by atoms with Gasteiger partial charge in [0.15, 0.2) is 0 Å². The zero-order valence-corrected chi connectivity index (χ0v) is 19.8. The van der Waals surface area contributed by atoms with E-state index in [9.17, 15) is 9.59 Å². The van der Waals surface area contributed by atoms with Crippen LogP contribution in [0.3, 0.4) is 0 Å². The molecule has 1 aromatic heterocycles. The summed E-state index contributed by atoms with van der Waals surface area (Å²) in [6.07, 6.45) is -1.04. The minimum absolute atomic E-state index is 0.260. The first-order chi connectivity index (χ1) is 17.6. The Morgan fingerprint density at radius 1 is 0.833 bits per heavy atom. The minimum atomic E-state index is -1.04. The van der Waals surface area contributed by atoms with Crippen LogP contribution in [0, 0.1) is 6.92 Å². The number of carbonyl (C=O) groups is 2. The summed E-state index contributed by atoms with van der Waals surface area (Å²) >= 11 is 0. The number of carbonyl (C=O) groups excluding carboxylic acids is 2. The van der Waals surface area contributed by atoms with Crippen LogP contribution in [-0.2, 0) is 14.3 Å². The SMILES string of the molecule is Cc1ccc(-c2nnc(-c3ccc(C(=O)OC(C(=O)N4CCOCC4)c4ccccc4)cc3)o2)cc1. The van der Waals surface area contributed by atoms with Gasteiger partial charge in [0, 0.05) is 29.8 Å². The van der Waals surface area contributed by atoms with E-state index in [4.69, 9.17) is 13.9 Å². The van der Waals surface area contributed by atoms with Crippen LogP contribution in [0.25, 0.3) is 22.9 Å². The predicted molar refractivity (Wildman–Crippen MR) is 132 cm³/mol. The van der Waals surface area contributed by atoms with Crippen molar-refractivity contribution < 1.29 is 23.5 Å². The predicted octanol–water partition coefficient (Wildman–Crippen LogP) is 4.47. The second kappa shape index (κ2) is 10.5. The third-order valence-electron chi connectivity index (χ3n) is 5.97. The topological polar surface area (TPSA) is 94.8 Å². The summed E-state index contributed by atoms with van der Waals surface area (Å²) in [5.74, 6) is -0.0946. The zero-order valence-electron chi connectivity index (χ0n) is 19.8. The lowest BCUT2D eigenvalue weighted by molar-refractivity contribution is -0.145. The molecule has 0 spiro atoms. The van der Waals surface area contributed by atoms with Crippen LogP contribution in [0.5, 0.6) is 0 Å². The van der Waals surface area contributed by atoms with Crippen molar-refractivity contribution in [2.75, 3.05) is 26.3 Å². The number of benzene rings is 3. The maximum Gasteiger partial charge on any atom is 0.339 e. The molecule has 1 unspecified atom stereocenters. The molecular weight excluding hydrogens is 458 g/mol. The molecule has 3 aromatic carbocycles. The Morgan fingerprint density at radius 2 is 1.42 bits per heavy atom. The Hall–Kier alpha value is -4.30. The first-order valence-electron chi connectivity index (χ1n) is 11.7. The Kier molecular flexibility index (Phi) is 6.86. The van der Waals surface area contributed by atoms with E-state index in [2.05, 4.69) is 10.2 Å². The highest BCUT2D eigenvalue weighted by atomic mass is 16.5. The van der Waals surface area contributed by atoms with E-state index in [0.717, 1.165) is 11.1 Å². The average molecular weight is 484 g/mol. The van der Waals surface area contributed by atoms with Crippen molar-refractivity contribution in [3.63, 3.8) is 0 Å². The lowest BCUT2D eigenvalue weighted by Crippen LogP contribution is -2.44. The molecule has 182 valence electrons. The number of rotatable bonds is 6. The van der Waals surface area contributed by atoms with Gasteiger partial charge in [0.25, 0.3) is 5.91 Å². The number of morpholine rings is 1. The average Bonchev–Trinajstić information content (AvgIpc) is 3.43. The third-order valence-corrected chi connectivity index (χ3v) is 5.97. The summed E-state index contributed by atoms with van der Waals surface area (Å²) in [7, 11) is 0. The Labute approximate surface area is 208 Å². The van der Waals surface area contributed by atoms with E-state index in [1.807, 2.05) is 49.4 Å². The van der Waals surface area contributed by atoms with Crippen molar-refractivity contribution in [1.29, 1.82) is 0 Å². The number of hydrogen-bond acceptors (Lipinski definition) is 7. The fraction of sp³-hybridized carbons (Fsp3) is 0.214. The summed E-state index contributed by atoms with van der Waals surface area (Å²) < 4.78 is 16.9. The van der Waals surface area contributed by atoms with Crippen molar-refractivity contribution >= 4 is 11.9 Å². The molecule has 1 fully saturated rings. The Bertz CT molecular complexity index is 1330. The van der Waals surface area contributed by atoms with Crippen LogP contribution in [0.15, 0.2) is 83.3 Å². The zero-order chi connectivity index (χ0) is 24.9. The van der Waals surface area contributed by atoms with Gasteiger partial charge < -0.3 is 18.8 Å². The first-order valence-corrected chi connectivity index (χ1v) is 11.7. The molecule has 4 aromatic rings. The van der Waals surface area contributed by atoms with Crippen LogP contribution in [0.4, 0.5) is 0 Å². The molecule has 0 bridgehead atoms. The van der Waals surface area contributed by atoms with Gasteiger partial charge in [0.2, 0.25) is 17.9 Å². The molecule has 36 heavy (non-hydrogen) atoms. The van der Waals surface area contributed by atoms with Gasteiger partial charge >= 0.3 is 5.97 Å². The number of amides is 1. The summed E-state index contributed by atoms with van der Waals surface area (Å²) in [6.45, 7) is 3.86. The van der Waals surface area contributed by atoms with E-state index in [-0.39, 0.29) is 5.91 Å². The first kappa shape index (κ1) is 23.4. The summed E-state index contributed by atoms with van der Waals surface area (Å²) in [5, 5.41) is 8.26. The molecule has 2 heterocycles. The van der Waals surface area contributed by atoms with Crippen molar-refractivity contribution in [1.82, 2.24) is 15.1 Å². The lowest BCUT2D eigenvalue weighted by atomic mass is 10.1. The number of hydrogen-bond donors (Lipinski definition) is 0. The number of aromatic nitrogens is 2. The van der Waals surface area contributed by atoms with Crippen LogP contribution < -0.4 is 0 Å². The monoisotopic (exact) mass is 483 g/mol. The summed E-state index contributed by atoms with van der Waals surface area (Å²) in [4.78, 5) is 27.9. The molecule has 1 aliphatic heterocycles. The van der Waals surface area contributed by atoms with Crippen molar-refractivity contribution in [3.05, 3.63) is 95.6 Å². The summed E-state index contributed by atoms with van der Waals surface area (Å²) in [5.41, 5.74) is 3.57. The smallest absolute Gasteiger partial charge is 0.339 e. The summed E-state index contributed by atoms with van der Waals surface area (Å²) in [6, 6.07) is 23.5. The Balaban J connectivity index is 1.32. The second-order valence-electron chi connectivity index (χ2n) is 8.49. The molecule has 8 heteroatoms. The van der Waals surface area contributed by atoms with Gasteiger partial charge in [-0.2, -0.15) is 0 Å². The number of esters is 1. The highest BCUT2D eigenvalue weighted by molar-refractivity contribution is 5.93. The minimum Gasteiger partial charge on any atom is -0.444 e. The molecule has 0 N–H and O–H groups in total. The van der Waals surface area contributed by atoms with Crippen LogP contribution >= 0.6 is 0 Å². The second-order valence-corrected chi connectivity index (χ2v) is 8.49. The molecular formula is C28H25N3O5. The standard InChI is InChI=1S/C28H25N3O5/c1-19-7-9-21(10-8-19)25-29-30-26(36-25)22-11-13-23(14-12-22)28(33)35-24(20-5-3-2-4-6-20)27(32)31-15-17-34-18-16-31/h2-14,24H,15-18H2,1H3. The molecule has 1 saturated heterocycles. The normalized spacial score (nSPS) is 14.3. The number of aryl methyl sites for hydroxylation is 1. The molecule has 1 aliphatic rings. The highest BCUT2D eigenvalue weighted by Gasteiger charge is 2.31. The van der Waals surface area contributed by atoms with Gasteiger partial charge in [-0.15, -0.1) is 10.2 Å². The molecule has 0 aliphatic carbocycles. The van der Waals surface area contributed by atoms with Crippen molar-refractivity contribution in [2.24, 2.45) is 0 Å². The Morgan fingerprint density at radius 3 is 2.03 bits per heavy atom. The van der Waals surface area contributed by atoms with Gasteiger partial charge in [0.1, 0.15) is 0 Å². The molecule has 0 saturated carbocycles. The van der Waals surface area contributed by atoms with Gasteiger partial charge in [-0.25, -0.2) is 4.79 Å². The highest BCUT2D eigenvalue weighted by Crippen LogP contribution is 2.26. The largest absolute Gasteiger partial charge is 0.444 e. The molecule has 0 radical (unpaired) electrons. The quantitative estimate of drug-likeness (QED) is 0.374. The van der Waals surface area contributed by atoms with Crippen LogP contribution in [0.1, 0.15) is 27.6 Å². The van der Waals surface area contributed by atoms with Gasteiger partial charge in [-0.3, -0.25) is 4.79 Å². The maximum atomic E-state index is 13.2. The molecule has 8 nitrogen and oxygen atoms in total. The fourth-order valence-electron chi connectivity index (χ4n) is 3.92. The lowest BCUT2D eigenvalue weighted by Gasteiger charge is -2.30. The van der Waals surface area contributed by atoms with E-state index in [1.54, 1.807) is 41.3 Å². The van der Waals surface area contributed by atoms with Gasteiger partial charge in [0.05, 0.1) is 18.8 Å². The van der Waals surface area contributed by atoms with Gasteiger partial charge in [-0.1, -0.05) is 48.0 Å². The van der Waals surface area contributed by atoms with Gasteiger partial charge in [-0.05, 0) is 43.3 Å². The van der Waals surface area contributed by atoms with E-state index in [0.29, 0.717) is 54.8 Å². The van der Waals surface area contributed by atoms with E-state index < -0.39 is 12.1 Å². The van der Waals surface area contributed by atoms with Crippen LogP contribution in [-0.4, -0.2) is 53.3 Å². The van der Waals surface area contributed by atoms with Crippen LogP contribution in [0.2, 0.25) is 0 Å². The van der Waals surface area contributed by atoms with E-state index >= 15 is 0 Å². The molecule has 5 rings (SSSR count). The fourth-order valence-corrected chi connectivity index (χ4v) is 3.92. The maximum absolute atomic E-state index is 13.2. The number of ether oxygens (including phenoxy) is 2. The third kappa shape index (κ3) is 5.18.